The lowest BCUT2D eigenvalue weighted by Crippen LogP contribution is -2.44. The number of benzene rings is 1. The van der Waals surface area contributed by atoms with E-state index in [4.69, 9.17) is 21.1 Å². The summed E-state index contributed by atoms with van der Waals surface area (Å²) in [6.07, 6.45) is 2.73. The van der Waals surface area contributed by atoms with Crippen LogP contribution in [0.3, 0.4) is 0 Å². The molecule has 1 aliphatic heterocycles. The number of nitrogens with two attached hydrogens (primary N) is 2. The molecule has 29 heavy (non-hydrogen) atoms. The second-order valence-electron chi connectivity index (χ2n) is 7.89. The zero-order valence-corrected chi connectivity index (χ0v) is 17.0. The van der Waals surface area contributed by atoms with Gasteiger partial charge in [-0.3, -0.25) is 9.36 Å². The minimum Gasteiger partial charge on any atom is -0.492 e. The molecule has 1 saturated heterocycles. The first kappa shape index (κ1) is 19.8. The molecule has 1 aliphatic carbocycles. The number of hydrogen-bond donors (Lipinski definition) is 2. The first-order valence-electron chi connectivity index (χ1n) is 10.2. The number of methoxy groups -OCH3 is 1. The van der Waals surface area contributed by atoms with Gasteiger partial charge in [-0.25, -0.2) is 4.79 Å². The third-order valence-electron chi connectivity index (χ3n) is 6.01. The molecule has 9 nitrogen and oxygen atoms in total. The summed E-state index contributed by atoms with van der Waals surface area (Å²) in [6, 6.07) is 3.64. The van der Waals surface area contributed by atoms with Gasteiger partial charge in [-0.1, -0.05) is 0 Å². The van der Waals surface area contributed by atoms with E-state index in [9.17, 15) is 9.59 Å². The van der Waals surface area contributed by atoms with Crippen molar-refractivity contribution in [2.24, 2.45) is 11.7 Å². The van der Waals surface area contributed by atoms with Crippen LogP contribution in [0.15, 0.2) is 21.7 Å². The van der Waals surface area contributed by atoms with Gasteiger partial charge in [0.1, 0.15) is 5.52 Å². The van der Waals surface area contributed by atoms with Crippen molar-refractivity contribution in [3.05, 3.63) is 33.0 Å². The summed E-state index contributed by atoms with van der Waals surface area (Å²) in [4.78, 5) is 27.6. The normalized spacial score (nSPS) is 20.4. The topological polar surface area (TPSA) is 118 Å². The van der Waals surface area contributed by atoms with Crippen LogP contribution < -0.4 is 32.5 Å². The minimum absolute atomic E-state index is 0.0273. The average molecular weight is 403 g/mol. The quantitative estimate of drug-likeness (QED) is 0.643. The molecule has 1 aromatic carbocycles. The number of rotatable bonds is 7. The Morgan fingerprint density at radius 1 is 1.24 bits per heavy atom. The highest BCUT2D eigenvalue weighted by molar-refractivity contribution is 5.90. The number of nitrogen functional groups attached to an aromatic ring is 1. The molecule has 158 valence electrons. The van der Waals surface area contributed by atoms with E-state index < -0.39 is 11.2 Å². The maximum atomic E-state index is 12.7. The molecule has 2 atom stereocenters. The van der Waals surface area contributed by atoms with Crippen molar-refractivity contribution in [2.75, 3.05) is 44.2 Å². The van der Waals surface area contributed by atoms with Gasteiger partial charge in [0.2, 0.25) is 0 Å². The van der Waals surface area contributed by atoms with E-state index >= 15 is 0 Å². The Labute approximate surface area is 168 Å². The average Bonchev–Trinajstić information content (AvgIpc) is 3.44. The van der Waals surface area contributed by atoms with E-state index in [2.05, 4.69) is 4.90 Å². The largest absolute Gasteiger partial charge is 0.492 e. The summed E-state index contributed by atoms with van der Waals surface area (Å²) >= 11 is 0. The predicted molar refractivity (Wildman–Crippen MR) is 112 cm³/mol. The molecule has 2 heterocycles. The molecule has 0 bridgehead atoms. The first-order valence-corrected chi connectivity index (χ1v) is 10.2. The number of ether oxygens (including phenoxy) is 2. The number of aromatic nitrogens is 2. The lowest BCUT2D eigenvalue weighted by molar-refractivity contribution is 0.119. The van der Waals surface area contributed by atoms with Gasteiger partial charge in [-0.05, 0) is 44.2 Å². The second-order valence-corrected chi connectivity index (χ2v) is 7.89. The van der Waals surface area contributed by atoms with Crippen molar-refractivity contribution in [3.63, 3.8) is 0 Å². The molecule has 1 unspecified atom stereocenters. The van der Waals surface area contributed by atoms with E-state index in [1.165, 1.54) is 0 Å². The lowest BCUT2D eigenvalue weighted by atomic mass is 10.0. The Morgan fingerprint density at radius 2 is 2.00 bits per heavy atom. The lowest BCUT2D eigenvalue weighted by Gasteiger charge is -2.25. The molecule has 2 fully saturated rings. The monoisotopic (exact) mass is 403 g/mol. The van der Waals surface area contributed by atoms with E-state index in [-0.39, 0.29) is 12.1 Å². The summed E-state index contributed by atoms with van der Waals surface area (Å²) in [7, 11) is 1.57. The van der Waals surface area contributed by atoms with Gasteiger partial charge in [0.15, 0.2) is 5.75 Å². The Bertz CT molecular complexity index is 1030. The second kappa shape index (κ2) is 7.72. The van der Waals surface area contributed by atoms with Crippen molar-refractivity contribution in [2.45, 2.75) is 38.3 Å². The summed E-state index contributed by atoms with van der Waals surface area (Å²) in [5.41, 5.74) is 6.70. The van der Waals surface area contributed by atoms with Crippen LogP contribution in [0.25, 0.3) is 10.9 Å². The number of fused-ring (bicyclic) bond motifs is 1. The summed E-state index contributed by atoms with van der Waals surface area (Å²) < 4.78 is 13.5. The van der Waals surface area contributed by atoms with E-state index in [1.54, 1.807) is 17.7 Å². The van der Waals surface area contributed by atoms with Crippen LogP contribution in [-0.2, 0) is 4.74 Å². The van der Waals surface area contributed by atoms with Crippen LogP contribution >= 0.6 is 0 Å². The fraction of sp³-hybridized carbons (Fsp3) is 0.600. The number of nitrogens with zero attached hydrogens (tertiary/aromatic N) is 3. The van der Waals surface area contributed by atoms with Gasteiger partial charge in [0.25, 0.3) is 5.56 Å². The van der Waals surface area contributed by atoms with Crippen molar-refractivity contribution in [1.82, 2.24) is 9.24 Å². The van der Waals surface area contributed by atoms with Crippen molar-refractivity contribution in [1.29, 1.82) is 0 Å². The zero-order valence-electron chi connectivity index (χ0n) is 17.0. The highest BCUT2D eigenvalue weighted by Crippen LogP contribution is 2.42. The molecule has 4 N–H and O–H groups in total. The smallest absolute Gasteiger partial charge is 0.350 e. The van der Waals surface area contributed by atoms with Crippen molar-refractivity contribution >= 4 is 16.6 Å². The minimum atomic E-state index is -0.509. The maximum Gasteiger partial charge on any atom is 0.350 e. The Kier molecular flexibility index (Phi) is 5.26. The molecular weight excluding hydrogens is 374 g/mol. The Hall–Kier alpha value is -2.52. The molecule has 1 aromatic heterocycles. The summed E-state index contributed by atoms with van der Waals surface area (Å²) in [5.74, 6) is 6.61. The third kappa shape index (κ3) is 3.38. The standard InChI is InChI=1S/C20H29N5O4/c1-3-29-11-15(21)12-8-9-23(10-12)16-7-6-14-17(18(16)28-2)24(13-4-5-13)20(27)25(22)19(14)26/h6-7,12-13,15H,3-5,8-11,21-22H2,1-2H3/t12?,15-/m1/s1. The molecule has 9 heteroatoms. The SMILES string of the molecule is CCOC[C@@H](N)C1CCN(c2ccc3c(=O)n(N)c(=O)n(C4CC4)c3c2OC)C1. The van der Waals surface area contributed by atoms with Crippen LogP contribution in [0.1, 0.15) is 32.2 Å². The van der Waals surface area contributed by atoms with Gasteiger partial charge in [-0.15, -0.1) is 0 Å². The molecule has 0 amide bonds. The fourth-order valence-corrected chi connectivity index (χ4v) is 4.27. The Balaban J connectivity index is 1.77. The molecule has 2 aliphatic rings. The maximum absolute atomic E-state index is 12.7. The molecule has 4 rings (SSSR count). The van der Waals surface area contributed by atoms with Crippen LogP contribution in [-0.4, -0.2) is 48.7 Å². The number of anilines is 1. The molecule has 1 saturated carbocycles. The third-order valence-corrected chi connectivity index (χ3v) is 6.01. The van der Waals surface area contributed by atoms with Crippen molar-refractivity contribution < 1.29 is 9.47 Å². The predicted octanol–water partition coefficient (Wildman–Crippen LogP) is 0.411. The van der Waals surface area contributed by atoms with E-state index in [0.717, 1.165) is 38.0 Å². The highest BCUT2D eigenvalue weighted by Gasteiger charge is 2.33. The van der Waals surface area contributed by atoms with Gasteiger partial charge in [0, 0.05) is 31.8 Å². The zero-order chi connectivity index (χ0) is 20.7. The van der Waals surface area contributed by atoms with Crippen LogP contribution in [0, 0.1) is 5.92 Å². The summed E-state index contributed by atoms with van der Waals surface area (Å²) in [6.45, 7) is 4.76. The van der Waals surface area contributed by atoms with Gasteiger partial charge in [-0.2, -0.15) is 4.68 Å². The summed E-state index contributed by atoms with van der Waals surface area (Å²) in [5, 5.41) is 0.392. The van der Waals surface area contributed by atoms with E-state index in [1.807, 2.05) is 13.0 Å². The van der Waals surface area contributed by atoms with Crippen molar-refractivity contribution in [3.8, 4) is 5.75 Å². The van der Waals surface area contributed by atoms with Crippen LogP contribution in [0.4, 0.5) is 5.69 Å². The van der Waals surface area contributed by atoms with Gasteiger partial charge >= 0.3 is 5.69 Å². The van der Waals surface area contributed by atoms with Gasteiger partial charge < -0.3 is 25.9 Å². The van der Waals surface area contributed by atoms with Crippen LogP contribution in [0.5, 0.6) is 5.75 Å². The molecule has 0 spiro atoms. The molecule has 2 aromatic rings. The van der Waals surface area contributed by atoms with Gasteiger partial charge in [0.05, 0.1) is 24.8 Å². The van der Waals surface area contributed by atoms with Crippen LogP contribution in [0.2, 0.25) is 0 Å². The first-order chi connectivity index (χ1) is 14.0. The number of hydrogen-bond acceptors (Lipinski definition) is 7. The Morgan fingerprint density at radius 3 is 2.66 bits per heavy atom. The van der Waals surface area contributed by atoms with E-state index in [0.29, 0.717) is 40.5 Å². The highest BCUT2D eigenvalue weighted by atomic mass is 16.5. The molecule has 0 radical (unpaired) electrons. The fourth-order valence-electron chi connectivity index (χ4n) is 4.27. The molecular formula is C20H29N5O4.